The number of hydrogen-bond donors (Lipinski definition) is 0. The van der Waals surface area contributed by atoms with E-state index >= 15 is 0 Å². The van der Waals surface area contributed by atoms with Gasteiger partial charge in [-0.15, -0.1) is 0 Å². The fraction of sp³-hybridized carbons (Fsp3) is 0.250. The molecule has 0 unspecified atom stereocenters. The van der Waals surface area contributed by atoms with Crippen LogP contribution in [0.2, 0.25) is 0 Å². The lowest BCUT2D eigenvalue weighted by Crippen LogP contribution is -1.88. The lowest BCUT2D eigenvalue weighted by Gasteiger charge is -2.03. The summed E-state index contributed by atoms with van der Waals surface area (Å²) in [4.78, 5) is 0. The minimum absolute atomic E-state index is 1.13. The summed E-state index contributed by atoms with van der Waals surface area (Å²) in [6, 6.07) is 21.4. The molecule has 0 aliphatic carbocycles. The highest BCUT2D eigenvalue weighted by atomic mass is 32.2. The number of thioether (sulfide) groups is 2. The summed E-state index contributed by atoms with van der Waals surface area (Å²) in [5, 5.41) is 0. The Morgan fingerprint density at radius 1 is 0.556 bits per heavy atom. The first-order valence-corrected chi connectivity index (χ1v) is 8.49. The molecule has 0 nitrogen and oxygen atoms in total. The van der Waals surface area contributed by atoms with Gasteiger partial charge in [0.25, 0.3) is 0 Å². The molecule has 2 aromatic rings. The molecule has 0 N–H and O–H groups in total. The first kappa shape index (κ1) is 13.6. The van der Waals surface area contributed by atoms with Gasteiger partial charge in [0.1, 0.15) is 0 Å². The summed E-state index contributed by atoms with van der Waals surface area (Å²) in [6.07, 6.45) is 0. The fourth-order valence-corrected chi connectivity index (χ4v) is 3.73. The molecule has 0 radical (unpaired) electrons. The Morgan fingerprint density at radius 2 is 0.944 bits per heavy atom. The molecule has 0 bridgehead atoms. The van der Waals surface area contributed by atoms with Crippen molar-refractivity contribution in [1.82, 2.24) is 0 Å². The van der Waals surface area contributed by atoms with Crippen LogP contribution in [0.4, 0.5) is 0 Å². The van der Waals surface area contributed by atoms with Crippen molar-refractivity contribution in [3.63, 3.8) is 0 Å². The highest BCUT2D eigenvalue weighted by Crippen LogP contribution is 2.16. The second-order valence-corrected chi connectivity index (χ2v) is 6.29. The largest absolute Gasteiger partial charge is 0.156 e. The van der Waals surface area contributed by atoms with Gasteiger partial charge in [-0.2, -0.15) is 23.5 Å². The van der Waals surface area contributed by atoms with Crippen molar-refractivity contribution >= 4 is 23.5 Å². The van der Waals surface area contributed by atoms with Crippen LogP contribution in [0.15, 0.2) is 60.7 Å². The first-order chi connectivity index (χ1) is 8.95. The maximum absolute atomic E-state index is 2.20. The highest BCUT2D eigenvalue weighted by molar-refractivity contribution is 8.02. The predicted molar refractivity (Wildman–Crippen MR) is 85.2 cm³/mol. The zero-order chi connectivity index (χ0) is 12.5. The van der Waals surface area contributed by atoms with Crippen LogP contribution in [0.25, 0.3) is 0 Å². The van der Waals surface area contributed by atoms with Gasteiger partial charge in [-0.05, 0) is 11.1 Å². The van der Waals surface area contributed by atoms with Crippen LogP contribution in [0.5, 0.6) is 0 Å². The third kappa shape index (κ3) is 5.19. The summed E-state index contributed by atoms with van der Waals surface area (Å²) in [6.45, 7) is 0. The van der Waals surface area contributed by atoms with Gasteiger partial charge in [0.2, 0.25) is 0 Å². The topological polar surface area (TPSA) is 0 Å². The lowest BCUT2D eigenvalue weighted by atomic mass is 10.2. The minimum Gasteiger partial charge on any atom is -0.156 e. The Kier molecular flexibility index (Phi) is 6.24. The van der Waals surface area contributed by atoms with Gasteiger partial charge in [-0.3, -0.25) is 0 Å². The SMILES string of the molecule is c1ccc(CSCCSCc2ccccc2)cc1. The second-order valence-electron chi connectivity index (χ2n) is 4.08. The van der Waals surface area contributed by atoms with Crippen LogP contribution in [-0.4, -0.2) is 11.5 Å². The van der Waals surface area contributed by atoms with E-state index in [1.54, 1.807) is 0 Å². The van der Waals surface area contributed by atoms with E-state index in [1.807, 2.05) is 23.5 Å². The third-order valence-electron chi connectivity index (χ3n) is 2.60. The zero-order valence-corrected chi connectivity index (χ0v) is 12.1. The molecule has 0 heterocycles. The zero-order valence-electron chi connectivity index (χ0n) is 10.4. The molecule has 0 amide bonds. The van der Waals surface area contributed by atoms with Gasteiger partial charge in [0.05, 0.1) is 0 Å². The van der Waals surface area contributed by atoms with E-state index in [4.69, 9.17) is 0 Å². The van der Waals surface area contributed by atoms with Crippen LogP contribution >= 0.6 is 23.5 Å². The molecule has 0 spiro atoms. The Labute approximate surface area is 118 Å². The summed E-state index contributed by atoms with van der Waals surface area (Å²) < 4.78 is 0. The molecule has 0 saturated heterocycles. The van der Waals surface area contributed by atoms with Crippen molar-refractivity contribution in [2.75, 3.05) is 11.5 Å². The van der Waals surface area contributed by atoms with Crippen molar-refractivity contribution in [3.8, 4) is 0 Å². The molecule has 2 heteroatoms. The quantitative estimate of drug-likeness (QED) is 0.662. The minimum atomic E-state index is 1.13. The third-order valence-corrected chi connectivity index (χ3v) is 4.91. The molecule has 0 aliphatic rings. The summed E-state index contributed by atoms with van der Waals surface area (Å²) in [5.74, 6) is 4.72. The Hall–Kier alpha value is -0.860. The van der Waals surface area contributed by atoms with Crippen molar-refractivity contribution in [1.29, 1.82) is 0 Å². The molecule has 18 heavy (non-hydrogen) atoms. The summed E-state index contributed by atoms with van der Waals surface area (Å²) in [5.41, 5.74) is 2.85. The van der Waals surface area contributed by atoms with Crippen molar-refractivity contribution in [2.24, 2.45) is 0 Å². The van der Waals surface area contributed by atoms with Gasteiger partial charge in [-0.1, -0.05) is 60.7 Å². The standard InChI is InChI=1S/C16H18S2/c1-3-7-15(8-4-1)13-17-11-12-18-14-16-9-5-2-6-10-16/h1-10H,11-14H2. The maximum atomic E-state index is 2.20. The van der Waals surface area contributed by atoms with E-state index in [0.29, 0.717) is 0 Å². The Bertz CT molecular complexity index is 382. The molecule has 0 aliphatic heterocycles. The van der Waals surface area contributed by atoms with Gasteiger partial charge in [-0.25, -0.2) is 0 Å². The van der Waals surface area contributed by atoms with E-state index < -0.39 is 0 Å². The van der Waals surface area contributed by atoms with Crippen LogP contribution < -0.4 is 0 Å². The predicted octanol–water partition coefficient (Wildman–Crippen LogP) is 4.85. The normalized spacial score (nSPS) is 10.4. The smallest absolute Gasteiger partial charge is 0.0184 e. The van der Waals surface area contributed by atoms with Crippen LogP contribution in [0.3, 0.4) is 0 Å². The molecule has 0 saturated carbocycles. The summed E-state index contributed by atoms with van der Waals surface area (Å²) in [7, 11) is 0. The molecular weight excluding hydrogens is 256 g/mol. The maximum Gasteiger partial charge on any atom is 0.0184 e. The van der Waals surface area contributed by atoms with Crippen molar-refractivity contribution in [2.45, 2.75) is 11.5 Å². The average molecular weight is 274 g/mol. The second kappa shape index (κ2) is 8.28. The first-order valence-electron chi connectivity index (χ1n) is 6.18. The highest BCUT2D eigenvalue weighted by Gasteiger charge is 1.94. The molecule has 0 aromatic heterocycles. The van der Waals surface area contributed by atoms with Gasteiger partial charge >= 0.3 is 0 Å². The fourth-order valence-electron chi connectivity index (χ4n) is 1.65. The van der Waals surface area contributed by atoms with Crippen LogP contribution in [0, 0.1) is 0 Å². The number of benzene rings is 2. The molecule has 0 atom stereocenters. The van der Waals surface area contributed by atoms with Crippen LogP contribution in [0.1, 0.15) is 11.1 Å². The lowest BCUT2D eigenvalue weighted by molar-refractivity contribution is 1.38. The molecular formula is C16H18S2. The molecule has 2 rings (SSSR count). The Morgan fingerprint density at radius 3 is 1.33 bits per heavy atom. The number of hydrogen-bond acceptors (Lipinski definition) is 2. The van der Waals surface area contributed by atoms with Crippen molar-refractivity contribution in [3.05, 3.63) is 71.8 Å². The van der Waals surface area contributed by atoms with Gasteiger partial charge in [0, 0.05) is 23.0 Å². The van der Waals surface area contributed by atoms with E-state index in [0.717, 1.165) is 11.5 Å². The van der Waals surface area contributed by atoms with E-state index in [2.05, 4.69) is 60.7 Å². The monoisotopic (exact) mass is 274 g/mol. The molecule has 2 aromatic carbocycles. The van der Waals surface area contributed by atoms with Crippen LogP contribution in [-0.2, 0) is 11.5 Å². The van der Waals surface area contributed by atoms with E-state index in [1.165, 1.54) is 22.6 Å². The molecule has 0 fully saturated rings. The number of rotatable bonds is 7. The van der Waals surface area contributed by atoms with Gasteiger partial charge < -0.3 is 0 Å². The Balaban J connectivity index is 1.54. The molecule has 94 valence electrons. The van der Waals surface area contributed by atoms with E-state index in [-0.39, 0.29) is 0 Å². The average Bonchev–Trinajstić information content (AvgIpc) is 2.45. The van der Waals surface area contributed by atoms with Crippen molar-refractivity contribution < 1.29 is 0 Å². The van der Waals surface area contributed by atoms with Gasteiger partial charge in [0.15, 0.2) is 0 Å². The van der Waals surface area contributed by atoms with E-state index in [9.17, 15) is 0 Å². The summed E-state index contributed by atoms with van der Waals surface area (Å²) >= 11 is 4.04.